The summed E-state index contributed by atoms with van der Waals surface area (Å²) in [5.41, 5.74) is -0.992. The van der Waals surface area contributed by atoms with Gasteiger partial charge in [0.2, 0.25) is 0 Å². The third kappa shape index (κ3) is 6.67. The third-order valence-electron chi connectivity index (χ3n) is 5.57. The quantitative estimate of drug-likeness (QED) is 0.544. The Morgan fingerprint density at radius 3 is 2.11 bits per heavy atom. The number of amides is 1. The molecule has 1 aromatic carbocycles. The molecule has 0 saturated carbocycles. The van der Waals surface area contributed by atoms with E-state index in [1.807, 2.05) is 0 Å². The second-order valence-electron chi connectivity index (χ2n) is 9.98. The van der Waals surface area contributed by atoms with Gasteiger partial charge in [0.1, 0.15) is 11.6 Å². The normalized spacial score (nSPS) is 17.5. The zero-order valence-corrected chi connectivity index (χ0v) is 21.7. The highest BCUT2D eigenvalue weighted by Gasteiger charge is 2.40. The van der Waals surface area contributed by atoms with E-state index in [0.29, 0.717) is 11.4 Å². The fourth-order valence-electron chi connectivity index (χ4n) is 3.99. The number of dihydropyridines is 1. The summed E-state index contributed by atoms with van der Waals surface area (Å²) in [6, 6.07) is 3.41. The summed E-state index contributed by atoms with van der Waals surface area (Å²) in [4.78, 5) is 39.2. The second kappa shape index (κ2) is 10.8. The van der Waals surface area contributed by atoms with Gasteiger partial charge in [0.15, 0.2) is 0 Å². The maximum atomic E-state index is 13.6. The highest BCUT2D eigenvalue weighted by molar-refractivity contribution is 6.03. The van der Waals surface area contributed by atoms with Crippen LogP contribution in [0, 0.1) is 5.92 Å². The monoisotopic (exact) mass is 510 g/mol. The number of esters is 2. The Morgan fingerprint density at radius 2 is 1.61 bits per heavy atom. The number of carbonyl (C=O) groups excluding carboxylic acids is 3. The minimum absolute atomic E-state index is 0.00506. The van der Waals surface area contributed by atoms with Crippen LogP contribution >= 0.6 is 0 Å². The van der Waals surface area contributed by atoms with Crippen LogP contribution in [0.1, 0.15) is 65.5 Å². The van der Waals surface area contributed by atoms with E-state index in [0.717, 1.165) is 19.2 Å². The summed E-state index contributed by atoms with van der Waals surface area (Å²) in [6.45, 7) is 11.7. The minimum atomic E-state index is -4.63. The molecule has 10 heteroatoms. The molecule has 36 heavy (non-hydrogen) atoms. The number of rotatable bonds is 6. The standard InChI is InChI=1S/C26H33F3N2O5/c1-13(2)21(24(34)36-25(5,6)7)31-22(32)18-14(3)30-15(4)19(23(33)35-8)20(18)16-10-9-11-17(12-16)26(27,28)29/h9-13,20-21,30H,1-8H3,(H,31,32). The second-order valence-corrected chi connectivity index (χ2v) is 9.98. The van der Waals surface area contributed by atoms with Crippen LogP contribution in [0.4, 0.5) is 13.2 Å². The number of allylic oxidation sites excluding steroid dienone is 2. The Bertz CT molecular complexity index is 1100. The van der Waals surface area contributed by atoms with E-state index in [-0.39, 0.29) is 22.6 Å². The van der Waals surface area contributed by atoms with Gasteiger partial charge in [-0.25, -0.2) is 9.59 Å². The first kappa shape index (κ1) is 28.9. The molecule has 0 radical (unpaired) electrons. The summed E-state index contributed by atoms with van der Waals surface area (Å²) in [5, 5.41) is 5.62. The van der Waals surface area contributed by atoms with Crippen LogP contribution < -0.4 is 10.6 Å². The van der Waals surface area contributed by atoms with Crippen molar-refractivity contribution in [3.63, 3.8) is 0 Å². The Hall–Kier alpha value is -3.30. The average molecular weight is 511 g/mol. The molecule has 1 heterocycles. The average Bonchev–Trinajstić information content (AvgIpc) is 2.74. The smallest absolute Gasteiger partial charge is 0.416 e. The summed E-state index contributed by atoms with van der Waals surface area (Å²) in [5.74, 6) is -3.70. The molecule has 1 aliphatic heterocycles. The molecule has 7 nitrogen and oxygen atoms in total. The van der Waals surface area contributed by atoms with Gasteiger partial charge in [-0.05, 0) is 52.2 Å². The van der Waals surface area contributed by atoms with Gasteiger partial charge in [-0.3, -0.25) is 4.79 Å². The molecule has 2 unspecified atom stereocenters. The minimum Gasteiger partial charge on any atom is -0.466 e. The van der Waals surface area contributed by atoms with Crippen molar-refractivity contribution in [3.8, 4) is 0 Å². The van der Waals surface area contributed by atoms with Crippen LogP contribution in [0.2, 0.25) is 0 Å². The molecule has 2 rings (SSSR count). The lowest BCUT2D eigenvalue weighted by Crippen LogP contribution is -2.49. The number of benzene rings is 1. The van der Waals surface area contributed by atoms with Crippen LogP contribution in [0.3, 0.4) is 0 Å². The molecule has 0 aromatic heterocycles. The Labute approximate surface area is 209 Å². The number of hydrogen-bond donors (Lipinski definition) is 2. The van der Waals surface area contributed by atoms with E-state index in [1.54, 1.807) is 48.5 Å². The van der Waals surface area contributed by atoms with Crippen molar-refractivity contribution >= 4 is 17.8 Å². The van der Waals surface area contributed by atoms with Gasteiger partial charge in [-0.2, -0.15) is 13.2 Å². The fraction of sp³-hybridized carbons (Fsp3) is 0.500. The maximum absolute atomic E-state index is 13.6. The first-order chi connectivity index (χ1) is 16.5. The number of hydrogen-bond acceptors (Lipinski definition) is 6. The number of halogens is 3. The molecule has 0 spiro atoms. The van der Waals surface area contributed by atoms with Crippen molar-refractivity contribution in [1.29, 1.82) is 0 Å². The maximum Gasteiger partial charge on any atom is 0.416 e. The molecule has 2 atom stereocenters. The summed E-state index contributed by atoms with van der Waals surface area (Å²) in [6.07, 6.45) is -4.63. The number of ether oxygens (including phenoxy) is 2. The predicted molar refractivity (Wildman–Crippen MR) is 127 cm³/mol. The SMILES string of the molecule is COC(=O)C1=C(C)NC(C)=C(C(=O)NC(C(=O)OC(C)(C)C)C(C)C)C1c1cccc(C(F)(F)F)c1. The van der Waals surface area contributed by atoms with Gasteiger partial charge in [0.05, 0.1) is 24.2 Å². The summed E-state index contributed by atoms with van der Waals surface area (Å²) >= 11 is 0. The number of nitrogens with one attached hydrogen (secondary N) is 2. The van der Waals surface area contributed by atoms with Gasteiger partial charge in [-0.1, -0.05) is 32.0 Å². The molecule has 0 bridgehead atoms. The molecule has 2 N–H and O–H groups in total. The van der Waals surface area contributed by atoms with Crippen LogP contribution in [-0.2, 0) is 30.0 Å². The van der Waals surface area contributed by atoms with Crippen molar-refractivity contribution in [2.45, 2.75) is 72.2 Å². The highest BCUT2D eigenvalue weighted by atomic mass is 19.4. The summed E-state index contributed by atoms with van der Waals surface area (Å²) < 4.78 is 50.8. The first-order valence-electron chi connectivity index (χ1n) is 11.5. The van der Waals surface area contributed by atoms with Crippen molar-refractivity contribution in [1.82, 2.24) is 10.6 Å². The molecule has 1 aliphatic rings. The fourth-order valence-corrected chi connectivity index (χ4v) is 3.99. The van der Waals surface area contributed by atoms with E-state index in [4.69, 9.17) is 9.47 Å². The zero-order valence-electron chi connectivity index (χ0n) is 21.7. The lowest BCUT2D eigenvalue weighted by atomic mass is 9.79. The van der Waals surface area contributed by atoms with Gasteiger partial charge in [-0.15, -0.1) is 0 Å². The lowest BCUT2D eigenvalue weighted by molar-refractivity contribution is -0.159. The van der Waals surface area contributed by atoms with E-state index in [2.05, 4.69) is 10.6 Å². The highest BCUT2D eigenvalue weighted by Crippen LogP contribution is 2.40. The molecule has 198 valence electrons. The van der Waals surface area contributed by atoms with Crippen molar-refractivity contribution < 1.29 is 37.0 Å². The van der Waals surface area contributed by atoms with Crippen molar-refractivity contribution in [2.75, 3.05) is 7.11 Å². The molecular weight excluding hydrogens is 477 g/mol. The van der Waals surface area contributed by atoms with Gasteiger partial charge < -0.3 is 20.1 Å². The van der Waals surface area contributed by atoms with Gasteiger partial charge in [0, 0.05) is 17.0 Å². The molecule has 1 aromatic rings. The molecule has 0 aliphatic carbocycles. The molecular formula is C26H33F3N2O5. The van der Waals surface area contributed by atoms with Gasteiger partial charge >= 0.3 is 18.1 Å². The summed E-state index contributed by atoms with van der Waals surface area (Å²) in [7, 11) is 1.15. The Kier molecular flexibility index (Phi) is 8.65. The molecule has 0 fully saturated rings. The zero-order chi connectivity index (χ0) is 27.6. The Morgan fingerprint density at radius 1 is 1.03 bits per heavy atom. The van der Waals surface area contributed by atoms with E-state index in [1.165, 1.54) is 12.1 Å². The third-order valence-corrected chi connectivity index (χ3v) is 5.57. The van der Waals surface area contributed by atoms with Crippen LogP contribution in [-0.4, -0.2) is 36.6 Å². The number of methoxy groups -OCH3 is 1. The predicted octanol–water partition coefficient (Wildman–Crippen LogP) is 4.60. The largest absolute Gasteiger partial charge is 0.466 e. The van der Waals surface area contributed by atoms with E-state index < -0.39 is 47.1 Å². The number of carbonyl (C=O) groups is 3. The van der Waals surface area contributed by atoms with Crippen molar-refractivity contribution in [3.05, 3.63) is 57.9 Å². The van der Waals surface area contributed by atoms with Crippen LogP contribution in [0.25, 0.3) is 0 Å². The van der Waals surface area contributed by atoms with Crippen LogP contribution in [0.15, 0.2) is 46.8 Å². The van der Waals surface area contributed by atoms with Gasteiger partial charge in [0.25, 0.3) is 5.91 Å². The number of alkyl halides is 3. The molecule has 1 amide bonds. The molecule has 0 saturated heterocycles. The Balaban J connectivity index is 2.62. The van der Waals surface area contributed by atoms with Crippen molar-refractivity contribution in [2.24, 2.45) is 5.92 Å². The first-order valence-corrected chi connectivity index (χ1v) is 11.5. The lowest BCUT2D eigenvalue weighted by Gasteiger charge is -2.32. The van der Waals surface area contributed by atoms with E-state index in [9.17, 15) is 27.6 Å². The van der Waals surface area contributed by atoms with Crippen LogP contribution in [0.5, 0.6) is 0 Å². The van der Waals surface area contributed by atoms with E-state index >= 15 is 0 Å². The topological polar surface area (TPSA) is 93.7 Å².